The number of aromatic nitrogens is 1. The van der Waals surface area contributed by atoms with Gasteiger partial charge in [-0.15, -0.1) is 0 Å². The number of H-pyrrole nitrogens is 1. The Morgan fingerprint density at radius 2 is 1.77 bits per heavy atom. The molecule has 2 bridgehead atoms. The first kappa shape index (κ1) is 12.7. The van der Waals surface area contributed by atoms with Crippen molar-refractivity contribution >= 4 is 39.2 Å². The molecule has 0 radical (unpaired) electrons. The molecule has 1 fully saturated rings. The van der Waals surface area contributed by atoms with Crippen LogP contribution in [-0.4, -0.2) is 10.8 Å². The highest BCUT2D eigenvalue weighted by Gasteiger charge is 2.35. The molecule has 1 N–H and O–H groups in total. The first-order valence-corrected chi connectivity index (χ1v) is 8.38. The molecule has 0 amide bonds. The van der Waals surface area contributed by atoms with Gasteiger partial charge in [0.15, 0.2) is 5.78 Å². The smallest absolute Gasteiger partial charge is 0.166 e. The van der Waals surface area contributed by atoms with Crippen LogP contribution in [0, 0.1) is 5.92 Å². The summed E-state index contributed by atoms with van der Waals surface area (Å²) < 4.78 is 0. The van der Waals surface area contributed by atoms with Gasteiger partial charge in [-0.3, -0.25) is 4.79 Å². The van der Waals surface area contributed by atoms with Crippen molar-refractivity contribution in [1.82, 2.24) is 4.98 Å². The first-order valence-electron chi connectivity index (χ1n) is 8.00. The van der Waals surface area contributed by atoms with Crippen molar-refractivity contribution in [2.24, 2.45) is 5.92 Å². The van der Waals surface area contributed by atoms with Gasteiger partial charge in [0.2, 0.25) is 0 Å². The molecule has 3 aromatic rings. The molecular formula is C19H16ClNO. The number of benzene rings is 2. The van der Waals surface area contributed by atoms with Crippen LogP contribution in [0.5, 0.6) is 0 Å². The Morgan fingerprint density at radius 1 is 1.00 bits per heavy atom. The second kappa shape index (κ2) is 4.36. The number of hydrogen-bond acceptors (Lipinski definition) is 1. The summed E-state index contributed by atoms with van der Waals surface area (Å²) in [5.41, 5.74) is 4.20. The maximum absolute atomic E-state index is 12.8. The van der Waals surface area contributed by atoms with Gasteiger partial charge >= 0.3 is 0 Å². The number of hydrogen-bond donors (Lipinski definition) is 1. The van der Waals surface area contributed by atoms with E-state index >= 15 is 0 Å². The third kappa shape index (κ3) is 1.59. The summed E-state index contributed by atoms with van der Waals surface area (Å²) in [5, 5.41) is 3.07. The van der Waals surface area contributed by atoms with E-state index in [9.17, 15) is 4.79 Å². The summed E-state index contributed by atoms with van der Waals surface area (Å²) in [7, 11) is 0. The second-order valence-electron chi connectivity index (χ2n) is 6.69. The summed E-state index contributed by atoms with van der Waals surface area (Å²) in [4.78, 5) is 16.2. The van der Waals surface area contributed by atoms with Crippen molar-refractivity contribution in [3.8, 4) is 0 Å². The minimum Gasteiger partial charge on any atom is -0.353 e. The van der Waals surface area contributed by atoms with Crippen LogP contribution in [0.3, 0.4) is 0 Å². The average Bonchev–Trinajstić information content (AvgIpc) is 2.81. The molecule has 1 aromatic heterocycles. The normalized spacial score (nSPS) is 24.0. The molecule has 0 spiro atoms. The molecule has 3 heteroatoms. The van der Waals surface area contributed by atoms with Crippen molar-refractivity contribution in [2.75, 3.05) is 0 Å². The van der Waals surface area contributed by atoms with Gasteiger partial charge in [-0.25, -0.2) is 0 Å². The van der Waals surface area contributed by atoms with Crippen LogP contribution in [0.4, 0.5) is 0 Å². The molecule has 1 heterocycles. The fourth-order valence-electron chi connectivity index (χ4n) is 4.39. The highest BCUT2D eigenvalue weighted by atomic mass is 35.5. The zero-order chi connectivity index (χ0) is 14.8. The van der Waals surface area contributed by atoms with Gasteiger partial charge in [0.05, 0.1) is 10.5 Å². The topological polar surface area (TPSA) is 32.9 Å². The summed E-state index contributed by atoms with van der Waals surface area (Å²) in [5.74, 6) is 1.14. The lowest BCUT2D eigenvalue weighted by molar-refractivity contribution is 0.0898. The van der Waals surface area contributed by atoms with Crippen molar-refractivity contribution in [1.29, 1.82) is 0 Å². The molecule has 6 rings (SSSR count). The van der Waals surface area contributed by atoms with E-state index in [-0.39, 0.29) is 5.92 Å². The zero-order valence-electron chi connectivity index (χ0n) is 12.2. The number of halogens is 1. The summed E-state index contributed by atoms with van der Waals surface area (Å²) in [6.45, 7) is 0. The number of nitrogens with one attached hydrogen (secondary N) is 1. The Morgan fingerprint density at radius 3 is 2.59 bits per heavy atom. The highest BCUT2D eigenvalue weighted by Crippen LogP contribution is 2.45. The number of carbonyl (C=O) groups is 1. The number of rotatable bonds is 0. The van der Waals surface area contributed by atoms with Gasteiger partial charge in [-0.2, -0.15) is 0 Å². The van der Waals surface area contributed by atoms with Gasteiger partial charge < -0.3 is 4.98 Å². The first-order chi connectivity index (χ1) is 10.7. The number of ketones is 1. The SMILES string of the molecule is O=C1c2cc3[nH]c4c(Cl)cccc4c3cc2C2CCC1CC2. The van der Waals surface area contributed by atoms with Gasteiger partial charge in [-0.05, 0) is 55.4 Å². The van der Waals surface area contributed by atoms with Gasteiger partial charge in [0.1, 0.15) is 0 Å². The summed E-state index contributed by atoms with van der Waals surface area (Å²) >= 11 is 6.31. The standard InChI is InChI=1S/C19H16ClNO/c20-16-3-1-2-12-14-8-13-10-4-6-11(7-5-10)19(22)15(13)9-17(14)21-18(12)16/h1-3,8-11,21H,4-7H2. The third-order valence-corrected chi connectivity index (χ3v) is 5.87. The number of aromatic amines is 1. The lowest BCUT2D eigenvalue weighted by atomic mass is 9.82. The number of fused-ring (bicyclic) bond motifs is 5. The van der Waals surface area contributed by atoms with Crippen molar-refractivity contribution in [2.45, 2.75) is 31.6 Å². The van der Waals surface area contributed by atoms with Gasteiger partial charge in [0.25, 0.3) is 0 Å². The molecule has 0 unspecified atom stereocenters. The van der Waals surface area contributed by atoms with Crippen molar-refractivity contribution in [3.05, 3.63) is 46.5 Å². The summed E-state index contributed by atoms with van der Waals surface area (Å²) in [6.07, 6.45) is 4.41. The number of para-hydroxylation sites is 1. The van der Waals surface area contributed by atoms with Crippen LogP contribution in [0.25, 0.3) is 21.8 Å². The fourth-order valence-corrected chi connectivity index (χ4v) is 4.61. The third-order valence-electron chi connectivity index (χ3n) is 5.56. The maximum atomic E-state index is 12.8. The minimum absolute atomic E-state index is 0.239. The van der Waals surface area contributed by atoms with Crippen LogP contribution >= 0.6 is 11.6 Å². The van der Waals surface area contributed by atoms with Crippen LogP contribution in [0.2, 0.25) is 5.02 Å². The predicted molar refractivity (Wildman–Crippen MR) is 89.8 cm³/mol. The zero-order valence-corrected chi connectivity index (χ0v) is 12.9. The molecule has 3 aliphatic rings. The predicted octanol–water partition coefficient (Wildman–Crippen LogP) is 5.44. The van der Waals surface area contributed by atoms with E-state index in [0.29, 0.717) is 11.7 Å². The Labute approximate surface area is 133 Å². The molecule has 0 saturated heterocycles. The molecule has 2 nitrogen and oxygen atoms in total. The second-order valence-corrected chi connectivity index (χ2v) is 7.09. The van der Waals surface area contributed by atoms with Crippen LogP contribution in [0.15, 0.2) is 30.3 Å². The Balaban J connectivity index is 1.88. The maximum Gasteiger partial charge on any atom is 0.166 e. The van der Waals surface area contributed by atoms with Crippen LogP contribution < -0.4 is 0 Å². The van der Waals surface area contributed by atoms with E-state index < -0.39 is 0 Å². The Bertz CT molecular complexity index is 931. The monoisotopic (exact) mass is 309 g/mol. The lowest BCUT2D eigenvalue weighted by Gasteiger charge is -2.22. The largest absolute Gasteiger partial charge is 0.353 e. The van der Waals surface area contributed by atoms with E-state index in [2.05, 4.69) is 23.2 Å². The Kier molecular flexibility index (Phi) is 2.52. The molecule has 1 saturated carbocycles. The quantitative estimate of drug-likeness (QED) is 0.589. The number of Topliss-reactive ketones (excluding diaryl/α,β-unsaturated/α-hetero) is 1. The van der Waals surface area contributed by atoms with E-state index in [0.717, 1.165) is 52.7 Å². The van der Waals surface area contributed by atoms with E-state index in [4.69, 9.17) is 11.6 Å². The molecule has 2 aromatic carbocycles. The minimum atomic E-state index is 0.239. The number of carbonyl (C=O) groups excluding carboxylic acids is 1. The van der Waals surface area contributed by atoms with Crippen molar-refractivity contribution in [3.63, 3.8) is 0 Å². The lowest BCUT2D eigenvalue weighted by Crippen LogP contribution is -2.15. The molecule has 22 heavy (non-hydrogen) atoms. The fraction of sp³-hybridized carbons (Fsp3) is 0.316. The van der Waals surface area contributed by atoms with E-state index in [1.165, 1.54) is 10.9 Å². The van der Waals surface area contributed by atoms with E-state index in [1.54, 1.807) is 0 Å². The van der Waals surface area contributed by atoms with Crippen molar-refractivity contribution < 1.29 is 4.79 Å². The highest BCUT2D eigenvalue weighted by molar-refractivity contribution is 6.36. The van der Waals surface area contributed by atoms with Crippen LogP contribution in [0.1, 0.15) is 47.5 Å². The average molecular weight is 310 g/mol. The van der Waals surface area contributed by atoms with Crippen LogP contribution in [-0.2, 0) is 0 Å². The van der Waals surface area contributed by atoms with E-state index in [1.807, 2.05) is 12.1 Å². The molecule has 0 atom stereocenters. The Hall–Kier alpha value is -1.80. The molecule has 3 aliphatic carbocycles. The molecular weight excluding hydrogens is 294 g/mol. The van der Waals surface area contributed by atoms with Gasteiger partial charge in [0, 0.05) is 27.8 Å². The molecule has 0 aliphatic heterocycles. The molecule has 110 valence electrons. The summed E-state index contributed by atoms with van der Waals surface area (Å²) in [6, 6.07) is 10.3. The van der Waals surface area contributed by atoms with Gasteiger partial charge in [-0.1, -0.05) is 23.7 Å².